The van der Waals surface area contributed by atoms with Crippen molar-refractivity contribution in [2.45, 2.75) is 24.0 Å². The number of halogens is 1. The number of unbranched alkanes of at least 4 members (excludes halogenated alkanes) is 1. The fourth-order valence-electron chi connectivity index (χ4n) is 1.05. The van der Waals surface area contributed by atoms with Crippen molar-refractivity contribution in [1.82, 2.24) is 4.72 Å². The summed E-state index contributed by atoms with van der Waals surface area (Å²) in [5.74, 6) is 0. The Morgan fingerprint density at radius 1 is 1.59 bits per heavy atom. The van der Waals surface area contributed by atoms with Gasteiger partial charge < -0.3 is 0 Å². The lowest BCUT2D eigenvalue weighted by atomic mass is 10.3. The molecule has 17 heavy (non-hydrogen) atoms. The Balaban J connectivity index is 2.92. The van der Waals surface area contributed by atoms with Gasteiger partial charge in [0.15, 0.2) is 4.34 Å². The number of hydrogen-bond donors (Lipinski definition) is 1. The van der Waals surface area contributed by atoms with Gasteiger partial charge in [-0.15, -0.1) is 11.3 Å². The fraction of sp³-hybridized carbons (Fsp3) is 0.500. The average Bonchev–Trinajstić information content (AvgIpc) is 2.61. The first-order chi connectivity index (χ1) is 7.88. The number of hydrogen-bond acceptors (Lipinski definition) is 5. The van der Waals surface area contributed by atoms with Gasteiger partial charge in [-0.2, -0.15) is 0 Å². The highest BCUT2D eigenvalue weighted by Gasteiger charge is 2.24. The minimum atomic E-state index is -3.69. The van der Waals surface area contributed by atoms with Crippen molar-refractivity contribution in [3.63, 3.8) is 0 Å². The van der Waals surface area contributed by atoms with E-state index in [9.17, 15) is 18.5 Å². The van der Waals surface area contributed by atoms with Gasteiger partial charge in [0, 0.05) is 12.6 Å². The second kappa shape index (κ2) is 5.76. The zero-order valence-corrected chi connectivity index (χ0v) is 11.4. The number of sulfonamides is 1. The molecule has 0 unspecified atom stereocenters. The van der Waals surface area contributed by atoms with Gasteiger partial charge in [-0.1, -0.05) is 24.9 Å². The van der Waals surface area contributed by atoms with Gasteiger partial charge in [0.05, 0.1) is 4.92 Å². The zero-order chi connectivity index (χ0) is 13.1. The monoisotopic (exact) mass is 298 g/mol. The highest BCUT2D eigenvalue weighted by Crippen LogP contribution is 2.35. The lowest BCUT2D eigenvalue weighted by Gasteiger charge is -2.02. The van der Waals surface area contributed by atoms with E-state index in [0.717, 1.165) is 12.5 Å². The molecule has 0 atom stereocenters. The maximum Gasteiger partial charge on any atom is 0.300 e. The number of nitrogens with zero attached hydrogens (tertiary/aromatic N) is 1. The summed E-state index contributed by atoms with van der Waals surface area (Å²) in [5.41, 5.74) is -0.382. The highest BCUT2D eigenvalue weighted by molar-refractivity contribution is 7.91. The predicted molar refractivity (Wildman–Crippen MR) is 66.1 cm³/mol. The molecule has 6 nitrogen and oxygen atoms in total. The quantitative estimate of drug-likeness (QED) is 0.496. The molecule has 0 aromatic carbocycles. The third-order valence-corrected chi connectivity index (χ3v) is 5.20. The molecule has 96 valence electrons. The van der Waals surface area contributed by atoms with E-state index in [-0.39, 0.29) is 14.2 Å². The molecule has 0 aliphatic heterocycles. The van der Waals surface area contributed by atoms with Crippen LogP contribution in [0.4, 0.5) is 5.69 Å². The summed E-state index contributed by atoms with van der Waals surface area (Å²) >= 11 is 6.27. The van der Waals surface area contributed by atoms with Crippen molar-refractivity contribution in [2.75, 3.05) is 6.54 Å². The van der Waals surface area contributed by atoms with E-state index in [1.54, 1.807) is 0 Å². The molecule has 0 saturated heterocycles. The van der Waals surface area contributed by atoms with E-state index in [4.69, 9.17) is 11.6 Å². The Hall–Kier alpha value is -0.700. The number of thiophene rings is 1. The second-order valence-electron chi connectivity index (χ2n) is 3.23. The van der Waals surface area contributed by atoms with Crippen LogP contribution in [0.25, 0.3) is 0 Å². The lowest BCUT2D eigenvalue weighted by molar-refractivity contribution is -0.384. The van der Waals surface area contributed by atoms with Crippen LogP contribution in [-0.2, 0) is 10.0 Å². The molecule has 0 fully saturated rings. The number of nitro groups is 1. The third kappa shape index (κ3) is 3.63. The van der Waals surface area contributed by atoms with E-state index in [1.165, 1.54) is 0 Å². The Morgan fingerprint density at radius 3 is 2.71 bits per heavy atom. The van der Waals surface area contributed by atoms with Gasteiger partial charge in [0.25, 0.3) is 5.69 Å². The highest BCUT2D eigenvalue weighted by atomic mass is 35.5. The van der Waals surface area contributed by atoms with Gasteiger partial charge in [0.2, 0.25) is 10.0 Å². The van der Waals surface area contributed by atoms with Gasteiger partial charge >= 0.3 is 0 Å². The summed E-state index contributed by atoms with van der Waals surface area (Å²) in [6.07, 6.45) is 1.56. The summed E-state index contributed by atoms with van der Waals surface area (Å²) in [4.78, 5) is 9.83. The summed E-state index contributed by atoms with van der Waals surface area (Å²) < 4.78 is 25.5. The van der Waals surface area contributed by atoms with Crippen molar-refractivity contribution in [2.24, 2.45) is 0 Å². The Morgan fingerprint density at radius 2 is 2.24 bits per heavy atom. The molecule has 1 heterocycles. The molecule has 9 heteroatoms. The molecule has 0 bridgehead atoms. The van der Waals surface area contributed by atoms with E-state index >= 15 is 0 Å². The van der Waals surface area contributed by atoms with E-state index in [0.29, 0.717) is 24.3 Å². The molecular weight excluding hydrogens is 288 g/mol. The summed E-state index contributed by atoms with van der Waals surface area (Å²) in [7, 11) is -3.69. The Labute approximate surface area is 108 Å². The molecule has 0 amide bonds. The van der Waals surface area contributed by atoms with Crippen LogP contribution in [0.5, 0.6) is 0 Å². The summed E-state index contributed by atoms with van der Waals surface area (Å²) in [6, 6.07) is 0.973. The standard InChI is InChI=1S/C8H11ClN2O4S2/c1-2-3-4-10-17(14,15)7-5-6(11(12)13)8(9)16-7/h5,10H,2-4H2,1H3. The molecule has 1 N–H and O–H groups in total. The van der Waals surface area contributed by atoms with Crippen molar-refractivity contribution >= 4 is 38.6 Å². The maximum atomic E-state index is 11.7. The van der Waals surface area contributed by atoms with Gasteiger partial charge in [-0.25, -0.2) is 13.1 Å². The topological polar surface area (TPSA) is 89.3 Å². The van der Waals surface area contributed by atoms with Crippen LogP contribution in [0.2, 0.25) is 4.34 Å². The van der Waals surface area contributed by atoms with Crippen LogP contribution in [0.15, 0.2) is 10.3 Å². The van der Waals surface area contributed by atoms with Crippen molar-refractivity contribution in [3.05, 3.63) is 20.5 Å². The molecule has 0 saturated carbocycles. The summed E-state index contributed by atoms with van der Waals surface area (Å²) in [6.45, 7) is 2.24. The molecule has 0 radical (unpaired) electrons. The van der Waals surface area contributed by atoms with Crippen LogP contribution in [-0.4, -0.2) is 19.9 Å². The Kier molecular flexibility index (Phi) is 4.87. The molecule has 1 aromatic rings. The largest absolute Gasteiger partial charge is 0.300 e. The summed E-state index contributed by atoms with van der Waals surface area (Å²) in [5, 5.41) is 10.5. The van der Waals surface area contributed by atoms with Crippen LogP contribution in [0.3, 0.4) is 0 Å². The fourth-order valence-corrected chi connectivity index (χ4v) is 3.83. The zero-order valence-electron chi connectivity index (χ0n) is 8.97. The molecule has 0 spiro atoms. The molecular formula is C8H11ClN2O4S2. The normalized spacial score (nSPS) is 11.6. The van der Waals surface area contributed by atoms with Crippen LogP contribution >= 0.6 is 22.9 Å². The number of rotatable bonds is 6. The lowest BCUT2D eigenvalue weighted by Crippen LogP contribution is -2.23. The third-order valence-electron chi connectivity index (χ3n) is 1.93. The van der Waals surface area contributed by atoms with Crippen molar-refractivity contribution in [3.8, 4) is 0 Å². The van der Waals surface area contributed by atoms with Crippen LogP contribution in [0, 0.1) is 10.1 Å². The Bertz CT molecular complexity index is 512. The van der Waals surface area contributed by atoms with Crippen LogP contribution < -0.4 is 4.72 Å². The number of nitrogens with one attached hydrogen (secondary N) is 1. The smallest absolute Gasteiger partial charge is 0.258 e. The van der Waals surface area contributed by atoms with Gasteiger partial charge in [-0.3, -0.25) is 10.1 Å². The van der Waals surface area contributed by atoms with Crippen molar-refractivity contribution in [1.29, 1.82) is 0 Å². The van der Waals surface area contributed by atoms with Gasteiger partial charge in [0.1, 0.15) is 4.21 Å². The van der Waals surface area contributed by atoms with Gasteiger partial charge in [-0.05, 0) is 6.42 Å². The van der Waals surface area contributed by atoms with Crippen LogP contribution in [0.1, 0.15) is 19.8 Å². The maximum absolute atomic E-state index is 11.7. The van der Waals surface area contributed by atoms with E-state index < -0.39 is 14.9 Å². The average molecular weight is 299 g/mol. The first-order valence-electron chi connectivity index (χ1n) is 4.82. The van der Waals surface area contributed by atoms with Crippen molar-refractivity contribution < 1.29 is 13.3 Å². The molecule has 1 rings (SSSR count). The minimum Gasteiger partial charge on any atom is -0.258 e. The van der Waals surface area contributed by atoms with E-state index in [2.05, 4.69) is 4.72 Å². The van der Waals surface area contributed by atoms with E-state index in [1.807, 2.05) is 6.92 Å². The first-order valence-corrected chi connectivity index (χ1v) is 7.49. The SMILES string of the molecule is CCCCNS(=O)(=O)c1cc([N+](=O)[O-])c(Cl)s1. The minimum absolute atomic E-state index is 0.133. The predicted octanol–water partition coefficient (Wildman–Crippen LogP) is 2.39. The second-order valence-corrected chi connectivity index (χ2v) is 6.88. The molecule has 1 aromatic heterocycles. The molecule has 0 aliphatic carbocycles. The first kappa shape index (κ1) is 14.4. The molecule has 0 aliphatic rings.